The second kappa shape index (κ2) is 6.78. The fraction of sp³-hybridized carbons (Fsp3) is 0.250. The van der Waals surface area contributed by atoms with Gasteiger partial charge in [-0.25, -0.2) is 0 Å². The van der Waals surface area contributed by atoms with Gasteiger partial charge in [-0.1, -0.05) is 6.07 Å². The van der Waals surface area contributed by atoms with Crippen molar-refractivity contribution in [2.45, 2.75) is 25.0 Å². The van der Waals surface area contributed by atoms with Crippen LogP contribution in [0.3, 0.4) is 0 Å². The van der Waals surface area contributed by atoms with Crippen molar-refractivity contribution >= 4 is 5.78 Å². The van der Waals surface area contributed by atoms with Gasteiger partial charge in [-0.3, -0.25) is 4.79 Å². The zero-order chi connectivity index (χ0) is 20.9. The number of aromatic hydroxyl groups is 4. The predicted molar refractivity (Wildman–Crippen MR) is 96.9 cm³/mol. The number of fused-ring (bicyclic) bond motifs is 1. The lowest BCUT2D eigenvalue weighted by Gasteiger charge is -2.32. The van der Waals surface area contributed by atoms with E-state index >= 15 is 0 Å². The third-order valence-corrected chi connectivity index (χ3v) is 5.03. The molecule has 9 heteroatoms. The van der Waals surface area contributed by atoms with Gasteiger partial charge in [0.25, 0.3) is 0 Å². The molecule has 2 aliphatic rings. The zero-order valence-electron chi connectivity index (χ0n) is 15.0. The summed E-state index contributed by atoms with van der Waals surface area (Å²) in [6, 6.07) is 5.26. The van der Waals surface area contributed by atoms with E-state index in [9.17, 15) is 35.4 Å². The van der Waals surface area contributed by atoms with Gasteiger partial charge >= 0.3 is 0 Å². The van der Waals surface area contributed by atoms with Crippen LogP contribution in [0, 0.1) is 0 Å². The SMILES string of the molecule is O=C1COC(Cc2c(O)cc3c(c2O)C[C@H](O)[C@@H](c2ccc(O)c(O)c2)O3)=C1O. The molecule has 152 valence electrons. The number of Topliss-reactive ketones (excluding diaryl/α,β-unsaturated/α-hetero) is 1. The minimum atomic E-state index is -1.09. The Bertz CT molecular complexity index is 1040. The monoisotopic (exact) mass is 402 g/mol. The van der Waals surface area contributed by atoms with E-state index in [0.29, 0.717) is 5.56 Å². The molecule has 0 unspecified atom stereocenters. The van der Waals surface area contributed by atoms with Crippen molar-refractivity contribution < 1.29 is 44.9 Å². The van der Waals surface area contributed by atoms with Crippen molar-refractivity contribution in [1.82, 2.24) is 0 Å². The number of allylic oxidation sites excluding steroid dienone is 1. The van der Waals surface area contributed by atoms with Crippen molar-refractivity contribution in [2.75, 3.05) is 6.61 Å². The van der Waals surface area contributed by atoms with E-state index < -0.39 is 23.8 Å². The highest BCUT2D eigenvalue weighted by Crippen LogP contribution is 2.46. The molecule has 2 aliphatic heterocycles. The number of carbonyl (C=O) groups is 1. The molecule has 0 radical (unpaired) electrons. The summed E-state index contributed by atoms with van der Waals surface area (Å²) < 4.78 is 10.8. The molecule has 0 saturated carbocycles. The number of carbonyl (C=O) groups excluding carboxylic acids is 1. The maximum Gasteiger partial charge on any atom is 0.237 e. The van der Waals surface area contributed by atoms with Crippen LogP contribution < -0.4 is 4.74 Å². The lowest BCUT2D eigenvalue weighted by Crippen LogP contribution is -2.30. The summed E-state index contributed by atoms with van der Waals surface area (Å²) in [4.78, 5) is 11.4. The van der Waals surface area contributed by atoms with Gasteiger partial charge in [0.1, 0.15) is 29.1 Å². The summed E-state index contributed by atoms with van der Waals surface area (Å²) in [6.45, 7) is -0.309. The number of ether oxygens (including phenoxy) is 2. The summed E-state index contributed by atoms with van der Waals surface area (Å²) in [5.41, 5.74) is 0.667. The predicted octanol–water partition coefficient (Wildman–Crippen LogP) is 1.46. The van der Waals surface area contributed by atoms with Crippen molar-refractivity contribution in [1.29, 1.82) is 0 Å². The number of hydrogen-bond donors (Lipinski definition) is 6. The number of benzene rings is 2. The van der Waals surface area contributed by atoms with E-state index in [1.165, 1.54) is 24.3 Å². The number of aliphatic hydroxyl groups is 2. The zero-order valence-corrected chi connectivity index (χ0v) is 15.0. The van der Waals surface area contributed by atoms with Crippen LogP contribution in [-0.2, 0) is 22.4 Å². The second-order valence-corrected chi connectivity index (χ2v) is 6.92. The Labute approximate surface area is 164 Å². The van der Waals surface area contributed by atoms with E-state index in [1.807, 2.05) is 0 Å². The van der Waals surface area contributed by atoms with Gasteiger partial charge in [-0.05, 0) is 17.7 Å². The van der Waals surface area contributed by atoms with Crippen LogP contribution in [0.4, 0.5) is 0 Å². The van der Waals surface area contributed by atoms with Crippen molar-refractivity contribution in [3.63, 3.8) is 0 Å². The van der Waals surface area contributed by atoms with Crippen molar-refractivity contribution in [2.24, 2.45) is 0 Å². The molecule has 0 aromatic heterocycles. The quantitative estimate of drug-likeness (QED) is 0.418. The van der Waals surface area contributed by atoms with E-state index in [2.05, 4.69) is 0 Å². The molecule has 2 atom stereocenters. The Morgan fingerprint density at radius 2 is 1.76 bits per heavy atom. The molecule has 29 heavy (non-hydrogen) atoms. The third kappa shape index (κ3) is 3.15. The molecule has 9 nitrogen and oxygen atoms in total. The summed E-state index contributed by atoms with van der Waals surface area (Å²) in [6.07, 6.45) is -2.23. The van der Waals surface area contributed by atoms with Gasteiger partial charge in [0.05, 0.1) is 6.10 Å². The van der Waals surface area contributed by atoms with Crippen LogP contribution in [0.25, 0.3) is 0 Å². The van der Waals surface area contributed by atoms with E-state index in [4.69, 9.17) is 9.47 Å². The fourth-order valence-electron chi connectivity index (χ4n) is 3.47. The Morgan fingerprint density at radius 1 is 1.00 bits per heavy atom. The van der Waals surface area contributed by atoms with Gasteiger partial charge in [0.15, 0.2) is 18.1 Å². The maximum absolute atomic E-state index is 11.4. The number of ketones is 1. The van der Waals surface area contributed by atoms with Crippen LogP contribution >= 0.6 is 0 Å². The molecule has 0 fully saturated rings. The molecule has 6 N–H and O–H groups in total. The molecular weight excluding hydrogens is 384 g/mol. The number of hydrogen-bond acceptors (Lipinski definition) is 9. The van der Waals surface area contributed by atoms with Gasteiger partial charge in [0, 0.05) is 30.0 Å². The van der Waals surface area contributed by atoms with E-state index in [-0.39, 0.29) is 65.1 Å². The summed E-state index contributed by atoms with van der Waals surface area (Å²) in [5, 5.41) is 60.3. The minimum absolute atomic E-state index is 0.0223. The first kappa shape index (κ1) is 18.8. The van der Waals surface area contributed by atoms with Gasteiger partial charge in [-0.2, -0.15) is 0 Å². The lowest BCUT2D eigenvalue weighted by molar-refractivity contribution is -0.118. The molecule has 4 rings (SSSR count). The van der Waals surface area contributed by atoms with Gasteiger partial charge in [-0.15, -0.1) is 0 Å². The standard InChI is InChI=1S/C20H18O9/c21-11-2-1-8(3-13(11)23)20-14(24)4-10-16(29-20)6-12(22)9(18(10)26)5-17-19(27)15(25)7-28-17/h1-3,6,14,20-24,26-27H,4-5,7H2/t14-,20+/m0/s1. The van der Waals surface area contributed by atoms with Gasteiger partial charge < -0.3 is 40.1 Å². The smallest absolute Gasteiger partial charge is 0.237 e. The Balaban J connectivity index is 1.68. The third-order valence-electron chi connectivity index (χ3n) is 5.03. The Hall–Kier alpha value is -3.59. The largest absolute Gasteiger partial charge is 0.507 e. The molecule has 0 spiro atoms. The molecule has 0 bridgehead atoms. The molecule has 0 aliphatic carbocycles. The van der Waals surface area contributed by atoms with Gasteiger partial charge in [0.2, 0.25) is 11.5 Å². The summed E-state index contributed by atoms with van der Waals surface area (Å²) in [7, 11) is 0. The summed E-state index contributed by atoms with van der Waals surface area (Å²) >= 11 is 0. The molecule has 2 aromatic rings. The Morgan fingerprint density at radius 3 is 2.41 bits per heavy atom. The van der Waals surface area contributed by atoms with Crippen molar-refractivity contribution in [3.05, 3.63) is 52.5 Å². The van der Waals surface area contributed by atoms with Crippen LogP contribution in [0.2, 0.25) is 0 Å². The normalized spacial score (nSPS) is 20.9. The first-order valence-electron chi connectivity index (χ1n) is 8.77. The second-order valence-electron chi connectivity index (χ2n) is 6.92. The number of aliphatic hydroxyl groups excluding tert-OH is 2. The minimum Gasteiger partial charge on any atom is -0.507 e. The highest BCUT2D eigenvalue weighted by molar-refractivity contribution is 5.96. The van der Waals surface area contributed by atoms with E-state index in [1.54, 1.807) is 0 Å². The van der Waals surface area contributed by atoms with Crippen molar-refractivity contribution in [3.8, 4) is 28.7 Å². The first-order chi connectivity index (χ1) is 13.8. The number of phenols is 4. The first-order valence-corrected chi connectivity index (χ1v) is 8.77. The number of rotatable bonds is 3. The van der Waals surface area contributed by atoms with E-state index in [0.717, 1.165) is 0 Å². The number of phenolic OH excluding ortho intramolecular Hbond substituents is 4. The summed E-state index contributed by atoms with van der Waals surface area (Å²) in [5.74, 6) is -2.43. The van der Waals surface area contributed by atoms with Crippen LogP contribution in [0.1, 0.15) is 22.8 Å². The average Bonchev–Trinajstić information content (AvgIpc) is 2.99. The van der Waals surface area contributed by atoms with Crippen LogP contribution in [-0.4, -0.2) is 49.1 Å². The molecule has 0 amide bonds. The molecule has 2 heterocycles. The van der Waals surface area contributed by atoms with Crippen LogP contribution in [0.5, 0.6) is 28.7 Å². The molecule has 0 saturated heterocycles. The topological polar surface area (TPSA) is 157 Å². The fourth-order valence-corrected chi connectivity index (χ4v) is 3.47. The maximum atomic E-state index is 11.4. The highest BCUT2D eigenvalue weighted by Gasteiger charge is 2.35. The van der Waals surface area contributed by atoms with Crippen LogP contribution in [0.15, 0.2) is 35.8 Å². The Kier molecular flexibility index (Phi) is 4.39. The lowest BCUT2D eigenvalue weighted by atomic mass is 9.91. The average molecular weight is 402 g/mol. The highest BCUT2D eigenvalue weighted by atomic mass is 16.5. The molecular formula is C20H18O9. The molecule has 2 aromatic carbocycles.